The lowest BCUT2D eigenvalue weighted by molar-refractivity contribution is 0.0599. The Hall–Kier alpha value is -0.980. The third-order valence-electron chi connectivity index (χ3n) is 3.38. The second-order valence-electron chi connectivity index (χ2n) is 4.80. The Bertz CT molecular complexity index is 442. The van der Waals surface area contributed by atoms with Crippen molar-refractivity contribution in [3.63, 3.8) is 0 Å². The maximum absolute atomic E-state index is 11.5. The normalized spacial score (nSPS) is 16.3. The molecule has 1 aliphatic rings. The molecule has 1 aliphatic heterocycles. The molecular formula is C14H22N2O3S. The van der Waals surface area contributed by atoms with E-state index in [-0.39, 0.29) is 5.97 Å². The second-order valence-corrected chi connectivity index (χ2v) is 6.03. The monoisotopic (exact) mass is 298 g/mol. The molecule has 0 aliphatic carbocycles. The van der Waals surface area contributed by atoms with Gasteiger partial charge in [-0.05, 0) is 13.0 Å². The molecule has 1 aromatic rings. The number of thioether (sulfide) groups is 1. The van der Waals surface area contributed by atoms with Crippen molar-refractivity contribution in [2.75, 3.05) is 44.8 Å². The van der Waals surface area contributed by atoms with E-state index in [0.29, 0.717) is 17.9 Å². The molecule has 0 spiro atoms. The first-order valence-corrected chi connectivity index (χ1v) is 8.04. The van der Waals surface area contributed by atoms with Crippen LogP contribution in [-0.4, -0.2) is 55.7 Å². The Labute approximate surface area is 124 Å². The fraction of sp³-hybridized carbons (Fsp3) is 0.643. The number of carbonyl (C=O) groups excluding carboxylic acids is 1. The van der Waals surface area contributed by atoms with E-state index in [0.717, 1.165) is 18.8 Å². The summed E-state index contributed by atoms with van der Waals surface area (Å²) in [6.07, 6.45) is 0. The van der Waals surface area contributed by atoms with E-state index >= 15 is 0 Å². The molecule has 1 aromatic heterocycles. The van der Waals surface area contributed by atoms with Gasteiger partial charge in [0.1, 0.15) is 17.1 Å². The van der Waals surface area contributed by atoms with Gasteiger partial charge in [0.05, 0.1) is 13.7 Å². The van der Waals surface area contributed by atoms with Crippen LogP contribution in [0.4, 0.5) is 0 Å². The van der Waals surface area contributed by atoms with Crippen molar-refractivity contribution >= 4 is 17.7 Å². The summed E-state index contributed by atoms with van der Waals surface area (Å²) >= 11 is 2.02. The van der Waals surface area contributed by atoms with Gasteiger partial charge in [-0.2, -0.15) is 11.8 Å². The van der Waals surface area contributed by atoms with E-state index in [1.165, 1.54) is 31.7 Å². The SMILES string of the molecule is COC(=O)c1cc(CNCCN2CCSCC2)oc1C. The third-order valence-corrected chi connectivity index (χ3v) is 4.32. The summed E-state index contributed by atoms with van der Waals surface area (Å²) < 4.78 is 10.3. The lowest BCUT2D eigenvalue weighted by Crippen LogP contribution is -2.37. The predicted octanol–water partition coefficient (Wildman–Crippen LogP) is 1.51. The van der Waals surface area contributed by atoms with Gasteiger partial charge in [-0.25, -0.2) is 4.79 Å². The van der Waals surface area contributed by atoms with Gasteiger partial charge in [0.25, 0.3) is 0 Å². The highest BCUT2D eigenvalue weighted by molar-refractivity contribution is 7.99. The van der Waals surface area contributed by atoms with Crippen molar-refractivity contribution in [2.45, 2.75) is 13.5 Å². The number of rotatable bonds is 6. The van der Waals surface area contributed by atoms with E-state index in [1.807, 2.05) is 11.8 Å². The second kappa shape index (κ2) is 7.71. The highest BCUT2D eigenvalue weighted by Crippen LogP contribution is 2.15. The van der Waals surface area contributed by atoms with E-state index in [4.69, 9.17) is 9.15 Å². The van der Waals surface area contributed by atoms with Crippen LogP contribution in [0.5, 0.6) is 0 Å². The van der Waals surface area contributed by atoms with Crippen LogP contribution in [-0.2, 0) is 11.3 Å². The van der Waals surface area contributed by atoms with Crippen LogP contribution < -0.4 is 5.32 Å². The molecule has 5 nitrogen and oxygen atoms in total. The third kappa shape index (κ3) is 4.26. The summed E-state index contributed by atoms with van der Waals surface area (Å²) in [5, 5.41) is 3.35. The summed E-state index contributed by atoms with van der Waals surface area (Å²) in [7, 11) is 1.38. The quantitative estimate of drug-likeness (QED) is 0.635. The van der Waals surface area contributed by atoms with Crippen molar-refractivity contribution < 1.29 is 13.9 Å². The maximum atomic E-state index is 11.5. The molecule has 1 N–H and O–H groups in total. The first kappa shape index (κ1) is 15.4. The molecule has 112 valence electrons. The van der Waals surface area contributed by atoms with Crippen LogP contribution in [0.3, 0.4) is 0 Å². The minimum atomic E-state index is -0.344. The van der Waals surface area contributed by atoms with Gasteiger partial charge in [0.15, 0.2) is 0 Å². The summed E-state index contributed by atoms with van der Waals surface area (Å²) in [6.45, 7) is 6.76. The number of methoxy groups -OCH3 is 1. The van der Waals surface area contributed by atoms with Gasteiger partial charge < -0.3 is 19.4 Å². The average molecular weight is 298 g/mol. The molecule has 0 amide bonds. The van der Waals surface area contributed by atoms with Crippen LogP contribution >= 0.6 is 11.8 Å². The minimum Gasteiger partial charge on any atom is -0.465 e. The fourth-order valence-corrected chi connectivity index (χ4v) is 3.20. The molecule has 0 aromatic carbocycles. The highest BCUT2D eigenvalue weighted by Gasteiger charge is 2.15. The van der Waals surface area contributed by atoms with Gasteiger partial charge in [0.2, 0.25) is 0 Å². The average Bonchev–Trinajstić information content (AvgIpc) is 2.85. The van der Waals surface area contributed by atoms with Crippen molar-refractivity contribution in [3.8, 4) is 0 Å². The molecule has 1 saturated heterocycles. The molecule has 0 bridgehead atoms. The topological polar surface area (TPSA) is 54.7 Å². The van der Waals surface area contributed by atoms with Gasteiger partial charge in [-0.1, -0.05) is 0 Å². The number of aryl methyl sites for hydroxylation is 1. The zero-order valence-electron chi connectivity index (χ0n) is 12.1. The minimum absolute atomic E-state index is 0.344. The Balaban J connectivity index is 1.72. The van der Waals surface area contributed by atoms with Crippen molar-refractivity contribution in [1.29, 1.82) is 0 Å². The van der Waals surface area contributed by atoms with Crippen molar-refractivity contribution in [2.24, 2.45) is 0 Å². The lowest BCUT2D eigenvalue weighted by atomic mass is 10.2. The number of nitrogens with zero attached hydrogens (tertiary/aromatic N) is 1. The Morgan fingerprint density at radius 1 is 1.50 bits per heavy atom. The molecule has 2 rings (SSSR count). The molecule has 0 unspecified atom stereocenters. The Morgan fingerprint density at radius 3 is 2.95 bits per heavy atom. The van der Waals surface area contributed by atoms with Gasteiger partial charge in [-0.3, -0.25) is 0 Å². The molecule has 6 heteroatoms. The first-order chi connectivity index (χ1) is 9.70. The number of nitrogens with one attached hydrogen (secondary N) is 1. The summed E-state index contributed by atoms with van der Waals surface area (Å²) in [6, 6.07) is 1.76. The van der Waals surface area contributed by atoms with Crippen LogP contribution in [0, 0.1) is 6.92 Å². The number of furan rings is 1. The molecule has 0 saturated carbocycles. The molecule has 0 atom stereocenters. The zero-order chi connectivity index (χ0) is 14.4. The van der Waals surface area contributed by atoms with Crippen LogP contribution in [0.2, 0.25) is 0 Å². The highest BCUT2D eigenvalue weighted by atomic mass is 32.2. The van der Waals surface area contributed by atoms with Gasteiger partial charge in [-0.15, -0.1) is 0 Å². The smallest absolute Gasteiger partial charge is 0.341 e. The van der Waals surface area contributed by atoms with Crippen LogP contribution in [0.1, 0.15) is 21.9 Å². The molecule has 2 heterocycles. The maximum Gasteiger partial charge on any atom is 0.341 e. The van der Waals surface area contributed by atoms with E-state index in [2.05, 4.69) is 10.2 Å². The van der Waals surface area contributed by atoms with E-state index < -0.39 is 0 Å². The van der Waals surface area contributed by atoms with Gasteiger partial charge in [0, 0.05) is 37.7 Å². The largest absolute Gasteiger partial charge is 0.465 e. The summed E-state index contributed by atoms with van der Waals surface area (Å²) in [4.78, 5) is 13.9. The standard InChI is InChI=1S/C14H22N2O3S/c1-11-13(14(17)18-2)9-12(19-11)10-15-3-4-16-5-7-20-8-6-16/h9,15H,3-8,10H2,1-2H3. The summed E-state index contributed by atoms with van der Waals surface area (Å²) in [5.74, 6) is 3.52. The number of ether oxygens (including phenoxy) is 1. The number of hydrogen-bond donors (Lipinski definition) is 1. The number of carbonyl (C=O) groups is 1. The van der Waals surface area contributed by atoms with Crippen LogP contribution in [0.25, 0.3) is 0 Å². The van der Waals surface area contributed by atoms with Crippen LogP contribution in [0.15, 0.2) is 10.5 Å². The number of esters is 1. The Morgan fingerprint density at radius 2 is 2.25 bits per heavy atom. The molecule has 20 heavy (non-hydrogen) atoms. The Kier molecular flexibility index (Phi) is 5.94. The molecular weight excluding hydrogens is 276 g/mol. The fourth-order valence-electron chi connectivity index (χ4n) is 2.22. The van der Waals surface area contributed by atoms with Gasteiger partial charge >= 0.3 is 5.97 Å². The van der Waals surface area contributed by atoms with E-state index in [9.17, 15) is 4.79 Å². The van der Waals surface area contributed by atoms with Crippen molar-refractivity contribution in [1.82, 2.24) is 10.2 Å². The zero-order valence-corrected chi connectivity index (χ0v) is 12.9. The molecule has 0 radical (unpaired) electrons. The van der Waals surface area contributed by atoms with E-state index in [1.54, 1.807) is 13.0 Å². The first-order valence-electron chi connectivity index (χ1n) is 6.89. The predicted molar refractivity (Wildman–Crippen MR) is 80.3 cm³/mol. The lowest BCUT2D eigenvalue weighted by Gasteiger charge is -2.25. The summed E-state index contributed by atoms with van der Waals surface area (Å²) in [5.41, 5.74) is 0.511. The number of hydrogen-bond acceptors (Lipinski definition) is 6. The van der Waals surface area contributed by atoms with Crippen molar-refractivity contribution in [3.05, 3.63) is 23.2 Å². The molecule has 1 fully saturated rings.